The zero-order valence-electron chi connectivity index (χ0n) is 13.9. The Bertz CT molecular complexity index is 436. The number of halogens is 1. The first-order chi connectivity index (χ1) is 9.93. The quantitative estimate of drug-likeness (QED) is 0.649. The molecule has 1 heterocycles. The van der Waals surface area contributed by atoms with Crippen molar-refractivity contribution in [2.45, 2.75) is 53.2 Å². The van der Waals surface area contributed by atoms with Crippen LogP contribution in [-0.4, -0.2) is 22.3 Å². The van der Waals surface area contributed by atoms with Gasteiger partial charge >= 0.3 is 0 Å². The standard InChI is InChI=1S/C16H28BrN3S/c1-6-7-18-16-15(17)13(8-11(2)3)19-14(20-16)10-21-9-12(4)5/h11-12H,6-10H2,1-5H3,(H,18,19,20). The first kappa shape index (κ1) is 18.8. The van der Waals surface area contributed by atoms with E-state index in [-0.39, 0.29) is 0 Å². The van der Waals surface area contributed by atoms with Gasteiger partial charge in [-0.05, 0) is 46.4 Å². The molecule has 0 spiro atoms. The molecule has 0 bridgehead atoms. The Balaban J connectivity index is 2.90. The van der Waals surface area contributed by atoms with Crippen LogP contribution in [0.25, 0.3) is 0 Å². The van der Waals surface area contributed by atoms with Crippen molar-refractivity contribution in [3.8, 4) is 0 Å². The van der Waals surface area contributed by atoms with Gasteiger partial charge in [0.05, 0.1) is 15.9 Å². The van der Waals surface area contributed by atoms with Crippen molar-refractivity contribution in [1.29, 1.82) is 0 Å². The summed E-state index contributed by atoms with van der Waals surface area (Å²) in [5.74, 6) is 5.22. The van der Waals surface area contributed by atoms with E-state index in [2.05, 4.69) is 60.8 Å². The third-order valence-corrected chi connectivity index (χ3v) is 4.99. The largest absolute Gasteiger partial charge is 0.369 e. The zero-order valence-corrected chi connectivity index (χ0v) is 16.3. The van der Waals surface area contributed by atoms with Gasteiger partial charge in [0.1, 0.15) is 11.6 Å². The van der Waals surface area contributed by atoms with Crippen molar-refractivity contribution in [1.82, 2.24) is 9.97 Å². The van der Waals surface area contributed by atoms with Crippen LogP contribution in [-0.2, 0) is 12.2 Å². The molecule has 0 aliphatic carbocycles. The Morgan fingerprint density at radius 2 is 1.86 bits per heavy atom. The van der Waals surface area contributed by atoms with E-state index in [0.29, 0.717) is 11.8 Å². The smallest absolute Gasteiger partial charge is 0.144 e. The second-order valence-corrected chi connectivity index (χ2v) is 8.01. The summed E-state index contributed by atoms with van der Waals surface area (Å²) in [6.07, 6.45) is 2.07. The van der Waals surface area contributed by atoms with Crippen LogP contribution in [0.1, 0.15) is 52.6 Å². The Labute approximate surface area is 142 Å². The molecule has 0 radical (unpaired) electrons. The maximum atomic E-state index is 4.76. The summed E-state index contributed by atoms with van der Waals surface area (Å²) < 4.78 is 1.03. The lowest BCUT2D eigenvalue weighted by molar-refractivity contribution is 0.629. The minimum atomic E-state index is 0.589. The molecule has 3 nitrogen and oxygen atoms in total. The van der Waals surface area contributed by atoms with Crippen molar-refractivity contribution in [3.63, 3.8) is 0 Å². The van der Waals surface area contributed by atoms with Crippen LogP contribution >= 0.6 is 27.7 Å². The minimum absolute atomic E-state index is 0.589. The molecule has 1 N–H and O–H groups in total. The molecule has 5 heteroatoms. The summed E-state index contributed by atoms with van der Waals surface area (Å²) in [5.41, 5.74) is 1.12. The first-order valence-corrected chi connectivity index (χ1v) is 9.75. The summed E-state index contributed by atoms with van der Waals surface area (Å²) in [4.78, 5) is 9.44. The summed E-state index contributed by atoms with van der Waals surface area (Å²) in [6.45, 7) is 12.0. The maximum Gasteiger partial charge on any atom is 0.144 e. The molecule has 0 unspecified atom stereocenters. The second-order valence-electron chi connectivity index (χ2n) is 6.18. The van der Waals surface area contributed by atoms with E-state index >= 15 is 0 Å². The topological polar surface area (TPSA) is 37.8 Å². The molecule has 0 amide bonds. The van der Waals surface area contributed by atoms with Crippen LogP contribution in [0.3, 0.4) is 0 Å². The maximum absolute atomic E-state index is 4.76. The lowest BCUT2D eigenvalue weighted by Crippen LogP contribution is -2.10. The predicted octanol–water partition coefficient (Wildman–Crippen LogP) is 5.15. The van der Waals surface area contributed by atoms with Gasteiger partial charge in [0.15, 0.2) is 0 Å². The fourth-order valence-electron chi connectivity index (χ4n) is 1.88. The van der Waals surface area contributed by atoms with Gasteiger partial charge in [-0.1, -0.05) is 34.6 Å². The van der Waals surface area contributed by atoms with E-state index < -0.39 is 0 Å². The van der Waals surface area contributed by atoms with Gasteiger partial charge in [0.25, 0.3) is 0 Å². The molecule has 0 aliphatic rings. The summed E-state index contributed by atoms with van der Waals surface area (Å²) in [5, 5.41) is 3.41. The van der Waals surface area contributed by atoms with Crippen molar-refractivity contribution >= 4 is 33.5 Å². The molecule has 0 aliphatic heterocycles. The van der Waals surface area contributed by atoms with Crippen molar-refractivity contribution in [3.05, 3.63) is 16.0 Å². The average molecular weight is 374 g/mol. The lowest BCUT2D eigenvalue weighted by atomic mass is 10.1. The van der Waals surface area contributed by atoms with Crippen LogP contribution < -0.4 is 5.32 Å². The van der Waals surface area contributed by atoms with E-state index in [1.165, 1.54) is 0 Å². The van der Waals surface area contributed by atoms with Crippen molar-refractivity contribution in [2.24, 2.45) is 11.8 Å². The van der Waals surface area contributed by atoms with Gasteiger partial charge in [0.2, 0.25) is 0 Å². The lowest BCUT2D eigenvalue weighted by Gasteiger charge is -2.14. The third-order valence-electron chi connectivity index (χ3n) is 2.79. The molecule has 0 saturated heterocycles. The molecule has 1 aromatic rings. The molecule has 21 heavy (non-hydrogen) atoms. The van der Waals surface area contributed by atoms with Gasteiger partial charge < -0.3 is 5.32 Å². The van der Waals surface area contributed by atoms with Crippen LogP contribution in [0.15, 0.2) is 4.47 Å². The van der Waals surface area contributed by atoms with E-state index in [4.69, 9.17) is 4.98 Å². The first-order valence-electron chi connectivity index (χ1n) is 7.80. The van der Waals surface area contributed by atoms with Crippen LogP contribution in [0.4, 0.5) is 5.82 Å². The van der Waals surface area contributed by atoms with Gasteiger partial charge in [-0.3, -0.25) is 0 Å². The Kier molecular flexibility index (Phi) is 8.64. The molecule has 0 aromatic carbocycles. The highest BCUT2D eigenvalue weighted by molar-refractivity contribution is 9.10. The minimum Gasteiger partial charge on any atom is -0.369 e. The Morgan fingerprint density at radius 1 is 1.14 bits per heavy atom. The highest BCUT2D eigenvalue weighted by atomic mass is 79.9. The average Bonchev–Trinajstić information content (AvgIpc) is 2.39. The zero-order chi connectivity index (χ0) is 15.8. The molecule has 0 atom stereocenters. The van der Waals surface area contributed by atoms with Crippen LogP contribution in [0, 0.1) is 11.8 Å². The van der Waals surface area contributed by atoms with E-state index in [1.54, 1.807) is 0 Å². The molecular weight excluding hydrogens is 346 g/mol. The van der Waals surface area contributed by atoms with Crippen LogP contribution in [0.5, 0.6) is 0 Å². The molecule has 120 valence electrons. The fraction of sp³-hybridized carbons (Fsp3) is 0.750. The Hall–Kier alpha value is -0.290. The second kappa shape index (κ2) is 9.67. The SMILES string of the molecule is CCCNc1nc(CSCC(C)C)nc(CC(C)C)c1Br. The van der Waals surface area contributed by atoms with Gasteiger partial charge in [0, 0.05) is 6.54 Å². The number of hydrogen-bond acceptors (Lipinski definition) is 4. The number of nitrogens with zero attached hydrogens (tertiary/aromatic N) is 2. The van der Waals surface area contributed by atoms with E-state index in [0.717, 1.165) is 52.7 Å². The molecule has 1 rings (SSSR count). The normalized spacial score (nSPS) is 11.4. The number of thioether (sulfide) groups is 1. The number of hydrogen-bond donors (Lipinski definition) is 1. The molecule has 1 aromatic heterocycles. The predicted molar refractivity (Wildman–Crippen MR) is 98.1 cm³/mol. The van der Waals surface area contributed by atoms with Crippen LogP contribution in [0.2, 0.25) is 0 Å². The number of aromatic nitrogens is 2. The number of rotatable bonds is 9. The molecule has 0 saturated carbocycles. The summed E-state index contributed by atoms with van der Waals surface area (Å²) >= 11 is 5.58. The Morgan fingerprint density at radius 3 is 2.43 bits per heavy atom. The number of anilines is 1. The van der Waals surface area contributed by atoms with Crippen molar-refractivity contribution in [2.75, 3.05) is 17.6 Å². The molecular formula is C16H28BrN3S. The van der Waals surface area contributed by atoms with Crippen molar-refractivity contribution < 1.29 is 0 Å². The summed E-state index contributed by atoms with van der Waals surface area (Å²) in [6, 6.07) is 0. The highest BCUT2D eigenvalue weighted by Gasteiger charge is 2.13. The third kappa shape index (κ3) is 7.00. The van der Waals surface area contributed by atoms with Gasteiger partial charge in [-0.2, -0.15) is 11.8 Å². The van der Waals surface area contributed by atoms with Gasteiger partial charge in [-0.15, -0.1) is 0 Å². The monoisotopic (exact) mass is 373 g/mol. The highest BCUT2D eigenvalue weighted by Crippen LogP contribution is 2.27. The van der Waals surface area contributed by atoms with E-state index in [9.17, 15) is 0 Å². The number of nitrogens with one attached hydrogen (secondary N) is 1. The molecule has 0 fully saturated rings. The fourth-order valence-corrected chi connectivity index (χ4v) is 3.26. The van der Waals surface area contributed by atoms with Gasteiger partial charge in [-0.25, -0.2) is 9.97 Å². The summed E-state index contributed by atoms with van der Waals surface area (Å²) in [7, 11) is 0. The van der Waals surface area contributed by atoms with E-state index in [1.807, 2.05) is 11.8 Å².